The number of hydrogen-bond donors (Lipinski definition) is 0. The molecule has 1 atom stereocenters. The molecule has 0 N–H and O–H groups in total. The lowest BCUT2D eigenvalue weighted by atomic mass is 9.95. The fraction of sp³-hybridized carbons (Fsp3) is 0.200. The predicted octanol–water partition coefficient (Wildman–Crippen LogP) is 4.21. The van der Waals surface area contributed by atoms with E-state index in [1.807, 2.05) is 0 Å². The minimum Gasteiger partial charge on any atom is -0.497 e. The van der Waals surface area contributed by atoms with Crippen LogP contribution >= 0.6 is 0 Å². The van der Waals surface area contributed by atoms with Gasteiger partial charge in [0.1, 0.15) is 17.4 Å². The van der Waals surface area contributed by atoms with Gasteiger partial charge in [0.2, 0.25) is 0 Å². The van der Waals surface area contributed by atoms with Crippen molar-refractivity contribution in [1.29, 1.82) is 0 Å². The van der Waals surface area contributed by atoms with Crippen molar-refractivity contribution in [3.05, 3.63) is 48.2 Å². The van der Waals surface area contributed by atoms with E-state index in [4.69, 9.17) is 4.74 Å². The van der Waals surface area contributed by atoms with E-state index < -0.39 is 23.8 Å². The molecule has 0 saturated heterocycles. The Kier molecular flexibility index (Phi) is 4.45. The summed E-state index contributed by atoms with van der Waals surface area (Å²) in [6.45, 7) is 0. The first-order chi connectivity index (χ1) is 13.8. The molecule has 9 heteroatoms. The summed E-state index contributed by atoms with van der Waals surface area (Å²) in [5.41, 5.74) is -0.186. The molecule has 2 heterocycles. The summed E-state index contributed by atoms with van der Waals surface area (Å²) < 4.78 is 51.5. The molecule has 0 radical (unpaired) electrons. The second-order valence-corrected chi connectivity index (χ2v) is 6.28. The number of alkyl halides is 3. The van der Waals surface area contributed by atoms with Crippen LogP contribution in [0.5, 0.6) is 5.75 Å². The molecule has 3 aromatic rings. The molecule has 29 heavy (non-hydrogen) atoms. The second kappa shape index (κ2) is 6.84. The van der Waals surface area contributed by atoms with Crippen molar-refractivity contribution in [2.75, 3.05) is 14.2 Å². The van der Waals surface area contributed by atoms with Crippen molar-refractivity contribution < 1.29 is 27.4 Å². The molecule has 2 aromatic carbocycles. The standard InChI is InChI=1S/C20H14F3N3O3/c1-28-10-7-8-13-14(9-10)25-17-15(19(27)29-2)18(20(21,22)23)26-12-6-4-3-5-11(12)16(17)24-13/h3-9,15H,1-2H3. The van der Waals surface area contributed by atoms with Crippen LogP contribution < -0.4 is 4.74 Å². The van der Waals surface area contributed by atoms with Crippen molar-refractivity contribution in [2.24, 2.45) is 4.99 Å². The quantitative estimate of drug-likeness (QED) is 0.602. The normalized spacial score (nSPS) is 15.8. The Labute approximate surface area is 163 Å². The zero-order valence-corrected chi connectivity index (χ0v) is 15.3. The van der Waals surface area contributed by atoms with Crippen LogP contribution in [0, 0.1) is 0 Å². The Morgan fingerprint density at radius 3 is 2.48 bits per heavy atom. The van der Waals surface area contributed by atoms with Gasteiger partial charge in [-0.15, -0.1) is 0 Å². The first kappa shape index (κ1) is 18.9. The largest absolute Gasteiger partial charge is 0.497 e. The van der Waals surface area contributed by atoms with Crippen LogP contribution in [0.3, 0.4) is 0 Å². The van der Waals surface area contributed by atoms with Gasteiger partial charge in [-0.3, -0.25) is 4.79 Å². The van der Waals surface area contributed by atoms with Gasteiger partial charge in [0.25, 0.3) is 0 Å². The zero-order chi connectivity index (χ0) is 20.8. The first-order valence-corrected chi connectivity index (χ1v) is 8.52. The summed E-state index contributed by atoms with van der Waals surface area (Å²) in [7, 11) is 2.48. The van der Waals surface area contributed by atoms with E-state index >= 15 is 0 Å². The van der Waals surface area contributed by atoms with Crippen LogP contribution in [0.15, 0.2) is 47.5 Å². The van der Waals surface area contributed by atoms with Gasteiger partial charge in [0.15, 0.2) is 0 Å². The molecule has 1 aromatic heterocycles. The van der Waals surface area contributed by atoms with Gasteiger partial charge in [-0.05, 0) is 18.2 Å². The number of halogens is 3. The van der Waals surface area contributed by atoms with Crippen molar-refractivity contribution in [2.45, 2.75) is 12.1 Å². The monoisotopic (exact) mass is 401 g/mol. The summed E-state index contributed by atoms with van der Waals surface area (Å²) in [6.07, 6.45) is -4.88. The van der Waals surface area contributed by atoms with Gasteiger partial charge >= 0.3 is 12.1 Å². The van der Waals surface area contributed by atoms with Gasteiger partial charge in [-0.25, -0.2) is 15.0 Å². The molecular weight excluding hydrogens is 387 g/mol. The van der Waals surface area contributed by atoms with E-state index in [9.17, 15) is 18.0 Å². The maximum atomic E-state index is 13.9. The van der Waals surface area contributed by atoms with Gasteiger partial charge in [0.05, 0.1) is 42.3 Å². The number of rotatable bonds is 2. The molecule has 1 aliphatic heterocycles. The molecule has 0 amide bonds. The topological polar surface area (TPSA) is 73.7 Å². The predicted molar refractivity (Wildman–Crippen MR) is 99.4 cm³/mol. The molecule has 4 rings (SSSR count). The maximum Gasteiger partial charge on any atom is 0.430 e. The average Bonchev–Trinajstić information content (AvgIpc) is 2.85. The number of methoxy groups -OCH3 is 2. The fourth-order valence-corrected chi connectivity index (χ4v) is 3.24. The Hall–Kier alpha value is -3.49. The highest BCUT2D eigenvalue weighted by molar-refractivity contribution is 6.13. The van der Waals surface area contributed by atoms with E-state index in [1.54, 1.807) is 30.3 Å². The molecule has 0 fully saturated rings. The lowest BCUT2D eigenvalue weighted by molar-refractivity contribution is -0.142. The number of carbonyl (C=O) groups is 1. The smallest absolute Gasteiger partial charge is 0.430 e. The van der Waals surface area contributed by atoms with Crippen molar-refractivity contribution >= 4 is 28.4 Å². The van der Waals surface area contributed by atoms with E-state index in [0.717, 1.165) is 7.11 Å². The highest BCUT2D eigenvalue weighted by Crippen LogP contribution is 2.42. The van der Waals surface area contributed by atoms with Crippen molar-refractivity contribution in [1.82, 2.24) is 9.97 Å². The Balaban J connectivity index is 2.11. The number of benzene rings is 2. The average molecular weight is 401 g/mol. The van der Waals surface area contributed by atoms with Gasteiger partial charge in [-0.2, -0.15) is 13.2 Å². The highest BCUT2D eigenvalue weighted by atomic mass is 19.4. The van der Waals surface area contributed by atoms with Crippen LogP contribution in [0.2, 0.25) is 0 Å². The van der Waals surface area contributed by atoms with Crippen molar-refractivity contribution in [3.63, 3.8) is 0 Å². The first-order valence-electron chi connectivity index (χ1n) is 8.52. The lowest BCUT2D eigenvalue weighted by Crippen LogP contribution is -2.35. The van der Waals surface area contributed by atoms with Crippen LogP contribution in [-0.4, -0.2) is 42.0 Å². The number of esters is 1. The Morgan fingerprint density at radius 2 is 1.79 bits per heavy atom. The zero-order valence-electron chi connectivity index (χ0n) is 15.3. The third kappa shape index (κ3) is 3.18. The minimum absolute atomic E-state index is 0.0506. The number of nitrogens with zero attached hydrogens (tertiary/aromatic N) is 3. The summed E-state index contributed by atoms with van der Waals surface area (Å²) >= 11 is 0. The maximum absolute atomic E-state index is 13.9. The van der Waals surface area contributed by atoms with Crippen LogP contribution in [0.25, 0.3) is 22.3 Å². The molecule has 148 valence electrons. The van der Waals surface area contributed by atoms with Gasteiger partial charge < -0.3 is 9.47 Å². The van der Waals surface area contributed by atoms with Gasteiger partial charge in [-0.1, -0.05) is 18.2 Å². The van der Waals surface area contributed by atoms with E-state index in [-0.39, 0.29) is 22.6 Å². The van der Waals surface area contributed by atoms with Crippen LogP contribution in [-0.2, 0) is 9.53 Å². The molecule has 1 aliphatic rings. The molecular formula is C20H14F3N3O3. The second-order valence-electron chi connectivity index (χ2n) is 6.28. The number of aromatic nitrogens is 2. The third-order valence-corrected chi connectivity index (χ3v) is 4.57. The molecule has 1 unspecified atom stereocenters. The summed E-state index contributed by atoms with van der Waals surface area (Å²) in [5.74, 6) is -2.53. The summed E-state index contributed by atoms with van der Waals surface area (Å²) in [6, 6.07) is 11.1. The van der Waals surface area contributed by atoms with Gasteiger partial charge in [0, 0.05) is 11.6 Å². The number of carbonyl (C=O) groups excluding carboxylic acids is 1. The van der Waals surface area contributed by atoms with E-state index in [0.29, 0.717) is 16.8 Å². The molecule has 0 spiro atoms. The SMILES string of the molecule is COC(=O)C1C(C(F)(F)F)=Nc2ccccc2-c2nc3ccc(OC)cc3nc21. The molecule has 6 nitrogen and oxygen atoms in total. The molecule has 0 bridgehead atoms. The lowest BCUT2D eigenvalue weighted by Gasteiger charge is -2.19. The summed E-state index contributed by atoms with van der Waals surface area (Å²) in [4.78, 5) is 25.1. The highest BCUT2D eigenvalue weighted by Gasteiger charge is 2.48. The van der Waals surface area contributed by atoms with Crippen LogP contribution in [0.4, 0.5) is 18.9 Å². The van der Waals surface area contributed by atoms with E-state index in [2.05, 4.69) is 19.7 Å². The summed E-state index contributed by atoms with van der Waals surface area (Å²) in [5, 5.41) is 0. The number of aliphatic imine (C=N–C) groups is 1. The minimum atomic E-state index is -4.88. The number of para-hydroxylation sites is 1. The number of hydrogen-bond acceptors (Lipinski definition) is 6. The van der Waals surface area contributed by atoms with E-state index in [1.165, 1.54) is 19.2 Å². The Bertz CT molecular complexity index is 1160. The Morgan fingerprint density at radius 1 is 1.03 bits per heavy atom. The fourth-order valence-electron chi connectivity index (χ4n) is 3.24. The van der Waals surface area contributed by atoms with Crippen molar-refractivity contribution in [3.8, 4) is 17.0 Å². The molecule has 0 saturated carbocycles. The molecule has 0 aliphatic carbocycles. The third-order valence-electron chi connectivity index (χ3n) is 4.57. The number of ether oxygens (including phenoxy) is 2. The number of fused-ring (bicyclic) bond motifs is 4. The van der Waals surface area contributed by atoms with Crippen LogP contribution in [0.1, 0.15) is 11.6 Å².